The van der Waals surface area contributed by atoms with Crippen molar-refractivity contribution in [1.82, 2.24) is 0 Å². The Labute approximate surface area is 80.7 Å². The Morgan fingerprint density at radius 3 is 2.54 bits per heavy atom. The highest BCUT2D eigenvalue weighted by Crippen LogP contribution is 2.36. The average Bonchev–Trinajstić information content (AvgIpc) is 2.29. The number of hydrogen-bond acceptors (Lipinski definition) is 2. The number of carbonyl (C=O) groups excluding carboxylic acids is 1. The van der Waals surface area contributed by atoms with Gasteiger partial charge < -0.3 is 9.53 Å². The highest BCUT2D eigenvalue weighted by Gasteiger charge is 2.35. The van der Waals surface area contributed by atoms with Crippen LogP contribution in [0, 0.1) is 10.8 Å². The largest absolute Gasteiger partial charge is 0.378 e. The van der Waals surface area contributed by atoms with Crippen molar-refractivity contribution in [1.29, 1.82) is 0 Å². The summed E-state index contributed by atoms with van der Waals surface area (Å²) in [6, 6.07) is 0. The Bertz CT molecular complexity index is 194. The molecule has 0 N–H and O–H groups in total. The molecule has 0 aliphatic carbocycles. The lowest BCUT2D eigenvalue weighted by molar-refractivity contribution is -0.116. The zero-order valence-electron chi connectivity index (χ0n) is 9.09. The Kier molecular flexibility index (Phi) is 2.81. The molecule has 1 saturated heterocycles. The number of carbonyl (C=O) groups is 1. The molecule has 0 amide bonds. The van der Waals surface area contributed by atoms with Gasteiger partial charge in [0, 0.05) is 5.41 Å². The van der Waals surface area contributed by atoms with Gasteiger partial charge in [-0.2, -0.15) is 0 Å². The van der Waals surface area contributed by atoms with Crippen molar-refractivity contribution in [3.63, 3.8) is 0 Å². The quantitative estimate of drug-likeness (QED) is 0.630. The van der Waals surface area contributed by atoms with E-state index >= 15 is 0 Å². The van der Waals surface area contributed by atoms with E-state index in [0.717, 1.165) is 25.7 Å². The smallest absolute Gasteiger partial charge is 0.125 e. The summed E-state index contributed by atoms with van der Waals surface area (Å²) in [7, 11) is 0. The van der Waals surface area contributed by atoms with Crippen LogP contribution in [0.25, 0.3) is 0 Å². The molecule has 0 spiro atoms. The lowest BCUT2D eigenvalue weighted by Gasteiger charge is -2.21. The summed E-state index contributed by atoms with van der Waals surface area (Å²) in [5, 5.41) is 0. The minimum atomic E-state index is -0.231. The molecule has 1 fully saturated rings. The van der Waals surface area contributed by atoms with E-state index in [4.69, 9.17) is 4.74 Å². The van der Waals surface area contributed by atoms with Crippen molar-refractivity contribution in [2.24, 2.45) is 10.8 Å². The monoisotopic (exact) mass is 184 g/mol. The van der Waals surface area contributed by atoms with Crippen LogP contribution >= 0.6 is 0 Å². The first-order valence-electron chi connectivity index (χ1n) is 4.93. The molecule has 0 saturated carbocycles. The van der Waals surface area contributed by atoms with E-state index in [-0.39, 0.29) is 11.5 Å². The molecule has 76 valence electrons. The van der Waals surface area contributed by atoms with Crippen molar-refractivity contribution in [2.45, 2.75) is 46.6 Å². The second-order valence-electron chi connectivity index (χ2n) is 5.61. The van der Waals surface area contributed by atoms with E-state index in [1.165, 1.54) is 0 Å². The third-order valence-electron chi connectivity index (χ3n) is 2.56. The third-order valence-corrected chi connectivity index (χ3v) is 2.56. The second kappa shape index (κ2) is 3.41. The standard InChI is InChI=1S/C11H20O2/c1-10(2,7-12)5-9-6-11(3,4)8-13-9/h7,9H,5-6,8H2,1-4H3. The lowest BCUT2D eigenvalue weighted by atomic mass is 9.83. The van der Waals surface area contributed by atoms with Gasteiger partial charge in [0.15, 0.2) is 0 Å². The highest BCUT2D eigenvalue weighted by atomic mass is 16.5. The van der Waals surface area contributed by atoms with E-state index in [0.29, 0.717) is 5.41 Å². The summed E-state index contributed by atoms with van der Waals surface area (Å²) >= 11 is 0. The maximum Gasteiger partial charge on any atom is 0.125 e. The minimum Gasteiger partial charge on any atom is -0.378 e. The molecule has 0 aromatic heterocycles. The predicted molar refractivity (Wildman–Crippen MR) is 52.6 cm³/mol. The third kappa shape index (κ3) is 3.11. The van der Waals surface area contributed by atoms with Crippen LogP contribution in [0.5, 0.6) is 0 Å². The molecule has 0 radical (unpaired) electrons. The van der Waals surface area contributed by atoms with Crippen LogP contribution in [0.15, 0.2) is 0 Å². The Morgan fingerprint density at radius 2 is 2.15 bits per heavy atom. The first-order chi connectivity index (χ1) is 5.85. The van der Waals surface area contributed by atoms with Gasteiger partial charge in [-0.1, -0.05) is 27.7 Å². The Hall–Kier alpha value is -0.370. The van der Waals surface area contributed by atoms with Crippen LogP contribution in [0.2, 0.25) is 0 Å². The molecule has 1 atom stereocenters. The molecule has 0 aromatic carbocycles. The summed E-state index contributed by atoms with van der Waals surface area (Å²) in [6.45, 7) is 9.18. The van der Waals surface area contributed by atoms with Crippen molar-refractivity contribution >= 4 is 6.29 Å². The van der Waals surface area contributed by atoms with Gasteiger partial charge in [0.1, 0.15) is 6.29 Å². The minimum absolute atomic E-state index is 0.231. The summed E-state index contributed by atoms with van der Waals surface area (Å²) in [6.07, 6.45) is 3.22. The molecule has 0 bridgehead atoms. The molecule has 0 aromatic rings. The normalized spacial score (nSPS) is 27.5. The topological polar surface area (TPSA) is 26.3 Å². The van der Waals surface area contributed by atoms with Crippen LogP contribution < -0.4 is 0 Å². The number of ether oxygens (including phenoxy) is 1. The summed E-state index contributed by atoms with van der Waals surface area (Å²) in [5.41, 5.74) is 0.0642. The number of rotatable bonds is 3. The van der Waals surface area contributed by atoms with Gasteiger partial charge in [-0.05, 0) is 18.3 Å². The van der Waals surface area contributed by atoms with Gasteiger partial charge in [0.25, 0.3) is 0 Å². The van der Waals surface area contributed by atoms with E-state index in [1.54, 1.807) is 0 Å². The maximum absolute atomic E-state index is 10.7. The lowest BCUT2D eigenvalue weighted by Crippen LogP contribution is -2.21. The Morgan fingerprint density at radius 1 is 1.54 bits per heavy atom. The average molecular weight is 184 g/mol. The molecule has 1 heterocycles. The van der Waals surface area contributed by atoms with Gasteiger partial charge in [-0.15, -0.1) is 0 Å². The molecule has 1 unspecified atom stereocenters. The molecule has 1 aliphatic heterocycles. The van der Waals surface area contributed by atoms with Crippen LogP contribution in [-0.4, -0.2) is 19.0 Å². The van der Waals surface area contributed by atoms with Crippen LogP contribution in [-0.2, 0) is 9.53 Å². The molecular weight excluding hydrogens is 164 g/mol. The summed E-state index contributed by atoms with van der Waals surface area (Å²) in [5.74, 6) is 0. The van der Waals surface area contributed by atoms with Crippen LogP contribution in [0.4, 0.5) is 0 Å². The molecule has 13 heavy (non-hydrogen) atoms. The Balaban J connectivity index is 2.45. The van der Waals surface area contributed by atoms with Crippen molar-refractivity contribution < 1.29 is 9.53 Å². The first-order valence-corrected chi connectivity index (χ1v) is 4.93. The first kappa shape index (κ1) is 10.7. The van der Waals surface area contributed by atoms with E-state index in [1.807, 2.05) is 13.8 Å². The second-order valence-corrected chi connectivity index (χ2v) is 5.61. The fourth-order valence-electron chi connectivity index (χ4n) is 1.84. The summed E-state index contributed by atoms with van der Waals surface area (Å²) < 4.78 is 5.65. The van der Waals surface area contributed by atoms with Crippen LogP contribution in [0.1, 0.15) is 40.5 Å². The molecule has 1 rings (SSSR count). The van der Waals surface area contributed by atoms with Crippen LogP contribution in [0.3, 0.4) is 0 Å². The SMILES string of the molecule is CC(C)(C=O)CC1CC(C)(C)CO1. The zero-order chi connectivity index (χ0) is 10.1. The van der Waals surface area contributed by atoms with E-state index in [2.05, 4.69) is 13.8 Å². The zero-order valence-corrected chi connectivity index (χ0v) is 9.09. The van der Waals surface area contributed by atoms with Gasteiger partial charge in [0.2, 0.25) is 0 Å². The molecule has 2 heteroatoms. The molecule has 2 nitrogen and oxygen atoms in total. The maximum atomic E-state index is 10.7. The van der Waals surface area contributed by atoms with E-state index in [9.17, 15) is 4.79 Å². The van der Waals surface area contributed by atoms with Crippen molar-refractivity contribution in [2.75, 3.05) is 6.61 Å². The fraction of sp³-hybridized carbons (Fsp3) is 0.909. The van der Waals surface area contributed by atoms with Gasteiger partial charge in [-0.25, -0.2) is 0 Å². The van der Waals surface area contributed by atoms with Gasteiger partial charge in [-0.3, -0.25) is 0 Å². The molecular formula is C11H20O2. The van der Waals surface area contributed by atoms with Crippen molar-refractivity contribution in [3.8, 4) is 0 Å². The number of aldehydes is 1. The number of hydrogen-bond donors (Lipinski definition) is 0. The summed E-state index contributed by atoms with van der Waals surface area (Å²) in [4.78, 5) is 10.7. The van der Waals surface area contributed by atoms with Crippen molar-refractivity contribution in [3.05, 3.63) is 0 Å². The fourth-order valence-corrected chi connectivity index (χ4v) is 1.84. The predicted octanol–water partition coefficient (Wildman–Crippen LogP) is 2.42. The van der Waals surface area contributed by atoms with E-state index < -0.39 is 0 Å². The highest BCUT2D eigenvalue weighted by molar-refractivity contribution is 5.57. The molecule has 1 aliphatic rings. The van der Waals surface area contributed by atoms with Gasteiger partial charge >= 0.3 is 0 Å². The van der Waals surface area contributed by atoms with Gasteiger partial charge in [0.05, 0.1) is 12.7 Å².